The molecule has 0 radical (unpaired) electrons. The minimum Gasteiger partial charge on any atom is -0.302 e. The zero-order valence-corrected chi connectivity index (χ0v) is 11.4. The van der Waals surface area contributed by atoms with Gasteiger partial charge in [0.05, 0.1) is 11.5 Å². The minimum atomic E-state index is -0.250. The largest absolute Gasteiger partial charge is 0.302 e. The van der Waals surface area contributed by atoms with Crippen molar-refractivity contribution in [2.45, 2.75) is 33.2 Å². The summed E-state index contributed by atoms with van der Waals surface area (Å²) in [6.45, 7) is 5.57. The molecule has 98 valence electrons. The van der Waals surface area contributed by atoms with Crippen molar-refractivity contribution in [2.24, 2.45) is 5.41 Å². The number of halogens is 1. The predicted octanol–water partition coefficient (Wildman–Crippen LogP) is 3.59. The van der Waals surface area contributed by atoms with Gasteiger partial charge in [-0.25, -0.2) is 4.39 Å². The van der Waals surface area contributed by atoms with Crippen molar-refractivity contribution in [3.63, 3.8) is 0 Å². The topological polar surface area (TPSA) is 27.0 Å². The van der Waals surface area contributed by atoms with E-state index in [0.717, 1.165) is 31.5 Å². The van der Waals surface area contributed by atoms with Crippen LogP contribution in [0.1, 0.15) is 32.3 Å². The Morgan fingerprint density at radius 1 is 1.39 bits per heavy atom. The third-order valence-electron chi connectivity index (χ3n) is 2.99. The zero-order chi connectivity index (χ0) is 13.6. The second-order valence-electron chi connectivity index (χ2n) is 5.47. The zero-order valence-electron chi connectivity index (χ0n) is 11.4. The highest BCUT2D eigenvalue weighted by Gasteiger charge is 2.16. The minimum absolute atomic E-state index is 0.188. The van der Waals surface area contributed by atoms with Crippen LogP contribution in [0.25, 0.3) is 0 Å². The van der Waals surface area contributed by atoms with Gasteiger partial charge in [0.25, 0.3) is 0 Å². The predicted molar refractivity (Wildman–Crippen MR) is 71.4 cm³/mol. The molecule has 2 nitrogen and oxygen atoms in total. The first-order valence-corrected chi connectivity index (χ1v) is 6.27. The van der Waals surface area contributed by atoms with Crippen LogP contribution in [0.4, 0.5) is 4.39 Å². The van der Waals surface area contributed by atoms with E-state index in [4.69, 9.17) is 5.26 Å². The highest BCUT2D eigenvalue weighted by atomic mass is 19.1. The quantitative estimate of drug-likeness (QED) is 0.769. The molecule has 0 aromatic heterocycles. The number of benzene rings is 1. The number of hydrogen-bond acceptors (Lipinski definition) is 2. The highest BCUT2D eigenvalue weighted by molar-refractivity contribution is 5.15. The molecule has 0 fully saturated rings. The lowest BCUT2D eigenvalue weighted by atomic mass is 9.90. The summed E-state index contributed by atoms with van der Waals surface area (Å²) in [7, 11) is 2.02. The van der Waals surface area contributed by atoms with E-state index in [1.165, 1.54) is 6.07 Å². The lowest BCUT2D eigenvalue weighted by molar-refractivity contribution is 0.297. The Kier molecular flexibility index (Phi) is 5.30. The molecule has 0 aliphatic rings. The number of nitrogens with zero attached hydrogens (tertiary/aromatic N) is 2. The summed E-state index contributed by atoms with van der Waals surface area (Å²) in [6, 6.07) is 8.99. The molecule has 1 aromatic rings. The van der Waals surface area contributed by atoms with Crippen LogP contribution in [-0.2, 0) is 6.54 Å². The molecule has 0 aliphatic heterocycles. The lowest BCUT2D eigenvalue weighted by Crippen LogP contribution is -2.21. The Morgan fingerprint density at radius 2 is 2.11 bits per heavy atom. The highest BCUT2D eigenvalue weighted by Crippen LogP contribution is 2.20. The number of hydrogen-bond donors (Lipinski definition) is 0. The van der Waals surface area contributed by atoms with E-state index in [0.29, 0.717) is 0 Å². The van der Waals surface area contributed by atoms with E-state index >= 15 is 0 Å². The lowest BCUT2D eigenvalue weighted by Gasteiger charge is -2.19. The molecule has 0 heterocycles. The first-order valence-electron chi connectivity index (χ1n) is 6.27. The Hall–Kier alpha value is -1.40. The van der Waals surface area contributed by atoms with Crippen molar-refractivity contribution in [3.8, 4) is 6.07 Å². The Bertz CT molecular complexity index is 421. The Morgan fingerprint density at radius 3 is 2.72 bits per heavy atom. The van der Waals surface area contributed by atoms with Gasteiger partial charge in [-0.1, -0.05) is 12.1 Å². The molecule has 3 heteroatoms. The fourth-order valence-corrected chi connectivity index (χ4v) is 1.87. The molecule has 1 aromatic carbocycles. The number of nitriles is 1. The molecule has 0 spiro atoms. The molecule has 0 atom stereocenters. The van der Waals surface area contributed by atoms with Crippen LogP contribution in [0.3, 0.4) is 0 Å². The maximum atomic E-state index is 13.0. The Labute approximate surface area is 109 Å². The van der Waals surface area contributed by atoms with Gasteiger partial charge in [0, 0.05) is 6.54 Å². The van der Waals surface area contributed by atoms with Crippen molar-refractivity contribution < 1.29 is 4.39 Å². The summed E-state index contributed by atoms with van der Waals surface area (Å²) in [6.07, 6.45) is 1.86. The van der Waals surface area contributed by atoms with E-state index < -0.39 is 0 Å². The Balaban J connectivity index is 2.35. The second kappa shape index (κ2) is 6.51. The van der Waals surface area contributed by atoms with Gasteiger partial charge in [0.1, 0.15) is 5.82 Å². The van der Waals surface area contributed by atoms with Crippen LogP contribution in [0.5, 0.6) is 0 Å². The van der Waals surface area contributed by atoms with Crippen molar-refractivity contribution in [1.82, 2.24) is 4.90 Å². The molecule has 0 aliphatic carbocycles. The molecule has 0 N–H and O–H groups in total. The van der Waals surface area contributed by atoms with E-state index in [2.05, 4.69) is 11.0 Å². The molecule has 0 unspecified atom stereocenters. The van der Waals surface area contributed by atoms with Crippen molar-refractivity contribution >= 4 is 0 Å². The van der Waals surface area contributed by atoms with Crippen LogP contribution in [0.15, 0.2) is 24.3 Å². The van der Waals surface area contributed by atoms with Crippen LogP contribution < -0.4 is 0 Å². The average molecular weight is 248 g/mol. The molecule has 0 amide bonds. The molecule has 18 heavy (non-hydrogen) atoms. The van der Waals surface area contributed by atoms with E-state index in [1.54, 1.807) is 12.1 Å². The van der Waals surface area contributed by atoms with Crippen molar-refractivity contribution in [3.05, 3.63) is 35.6 Å². The summed E-state index contributed by atoms with van der Waals surface area (Å²) < 4.78 is 13.0. The normalized spacial score (nSPS) is 11.6. The third kappa shape index (κ3) is 5.29. The van der Waals surface area contributed by atoms with Gasteiger partial charge in [-0.2, -0.15) is 5.26 Å². The third-order valence-corrected chi connectivity index (χ3v) is 2.99. The molecular formula is C15H21FN2. The smallest absolute Gasteiger partial charge is 0.123 e. The summed E-state index contributed by atoms with van der Waals surface area (Å²) in [4.78, 5) is 2.15. The summed E-state index contributed by atoms with van der Waals surface area (Å²) >= 11 is 0. The summed E-state index contributed by atoms with van der Waals surface area (Å²) in [5.41, 5.74) is 0.733. The maximum Gasteiger partial charge on any atom is 0.123 e. The molecular weight excluding hydrogens is 227 g/mol. The fourth-order valence-electron chi connectivity index (χ4n) is 1.87. The van der Waals surface area contributed by atoms with E-state index in [-0.39, 0.29) is 11.2 Å². The molecule has 0 bridgehead atoms. The summed E-state index contributed by atoms with van der Waals surface area (Å²) in [5.74, 6) is -0.188. The summed E-state index contributed by atoms with van der Waals surface area (Å²) in [5, 5.41) is 8.92. The van der Waals surface area contributed by atoms with Gasteiger partial charge in [-0.3, -0.25) is 0 Å². The van der Waals surface area contributed by atoms with Crippen LogP contribution in [0.2, 0.25) is 0 Å². The van der Waals surface area contributed by atoms with Gasteiger partial charge < -0.3 is 4.90 Å². The van der Waals surface area contributed by atoms with Gasteiger partial charge in [0.2, 0.25) is 0 Å². The second-order valence-corrected chi connectivity index (χ2v) is 5.47. The van der Waals surface area contributed by atoms with Gasteiger partial charge >= 0.3 is 0 Å². The monoisotopic (exact) mass is 248 g/mol. The van der Waals surface area contributed by atoms with Gasteiger partial charge in [0.15, 0.2) is 0 Å². The van der Waals surface area contributed by atoms with Crippen molar-refractivity contribution in [1.29, 1.82) is 5.26 Å². The van der Waals surface area contributed by atoms with Crippen LogP contribution >= 0.6 is 0 Å². The first-order chi connectivity index (χ1) is 8.43. The van der Waals surface area contributed by atoms with Gasteiger partial charge in [-0.05, 0) is 58.0 Å². The SMILES string of the molecule is CN(CCCC(C)(C)C#N)Cc1cccc(F)c1. The molecule has 0 saturated heterocycles. The van der Waals surface area contributed by atoms with E-state index in [9.17, 15) is 4.39 Å². The number of rotatable bonds is 6. The van der Waals surface area contributed by atoms with Gasteiger partial charge in [-0.15, -0.1) is 0 Å². The average Bonchev–Trinajstić information content (AvgIpc) is 2.28. The van der Waals surface area contributed by atoms with Crippen molar-refractivity contribution in [2.75, 3.05) is 13.6 Å². The molecule has 1 rings (SSSR count). The van der Waals surface area contributed by atoms with Crippen LogP contribution in [-0.4, -0.2) is 18.5 Å². The van der Waals surface area contributed by atoms with E-state index in [1.807, 2.05) is 27.0 Å². The first kappa shape index (κ1) is 14.7. The maximum absolute atomic E-state index is 13.0. The molecule has 0 saturated carbocycles. The van der Waals surface area contributed by atoms with Crippen LogP contribution in [0, 0.1) is 22.6 Å². The standard InChI is InChI=1S/C15H21FN2/c1-15(2,12-17)8-5-9-18(3)11-13-6-4-7-14(16)10-13/h4,6-7,10H,5,8-9,11H2,1-3H3. The fraction of sp³-hybridized carbons (Fsp3) is 0.533.